The molecular formula is C15H20O4. The fraction of sp³-hybridized carbons (Fsp3) is 0.467. The fourth-order valence-corrected chi connectivity index (χ4v) is 1.62. The van der Waals surface area contributed by atoms with Gasteiger partial charge < -0.3 is 14.3 Å². The minimum atomic E-state index is -0.408. The maximum atomic E-state index is 11.4. The molecule has 4 heteroatoms. The van der Waals surface area contributed by atoms with Crippen LogP contribution < -0.4 is 4.74 Å². The van der Waals surface area contributed by atoms with Crippen molar-refractivity contribution in [3.63, 3.8) is 0 Å². The van der Waals surface area contributed by atoms with Crippen LogP contribution >= 0.6 is 0 Å². The van der Waals surface area contributed by atoms with Crippen molar-refractivity contribution in [3.05, 3.63) is 29.8 Å². The lowest BCUT2D eigenvalue weighted by Crippen LogP contribution is -2.16. The summed E-state index contributed by atoms with van der Waals surface area (Å²) in [5.41, 5.74) is 1.06. The Hall–Kier alpha value is -1.84. The SMILES string of the molecule is CCc1ccccc1OCC(=O)OCCCC(C)=O. The van der Waals surface area contributed by atoms with Crippen molar-refractivity contribution in [1.29, 1.82) is 0 Å². The van der Waals surface area contributed by atoms with Crippen LogP contribution in [0.3, 0.4) is 0 Å². The molecule has 0 saturated carbocycles. The second-order valence-electron chi connectivity index (χ2n) is 4.28. The van der Waals surface area contributed by atoms with Crippen molar-refractivity contribution in [2.45, 2.75) is 33.1 Å². The molecular weight excluding hydrogens is 244 g/mol. The van der Waals surface area contributed by atoms with E-state index in [0.717, 1.165) is 12.0 Å². The summed E-state index contributed by atoms with van der Waals surface area (Å²) < 4.78 is 10.4. The van der Waals surface area contributed by atoms with Crippen LogP contribution in [0.25, 0.3) is 0 Å². The zero-order valence-corrected chi connectivity index (χ0v) is 11.5. The standard InChI is InChI=1S/C15H20O4/c1-3-13-8-4-5-9-14(13)19-11-15(17)18-10-6-7-12(2)16/h4-5,8-9H,3,6-7,10-11H2,1-2H3. The van der Waals surface area contributed by atoms with E-state index in [1.807, 2.05) is 31.2 Å². The number of para-hydroxylation sites is 1. The fourth-order valence-electron chi connectivity index (χ4n) is 1.62. The van der Waals surface area contributed by atoms with Crippen LogP contribution in [0.2, 0.25) is 0 Å². The first-order chi connectivity index (χ1) is 9.13. The summed E-state index contributed by atoms with van der Waals surface area (Å²) in [6, 6.07) is 7.61. The van der Waals surface area contributed by atoms with Crippen LogP contribution in [-0.4, -0.2) is 25.0 Å². The molecule has 0 radical (unpaired) electrons. The number of ether oxygens (including phenoxy) is 2. The minimum Gasteiger partial charge on any atom is -0.482 e. The number of hydrogen-bond donors (Lipinski definition) is 0. The highest BCUT2D eigenvalue weighted by Crippen LogP contribution is 2.18. The van der Waals surface area contributed by atoms with Crippen molar-refractivity contribution >= 4 is 11.8 Å². The van der Waals surface area contributed by atoms with E-state index in [1.54, 1.807) is 0 Å². The van der Waals surface area contributed by atoms with E-state index < -0.39 is 5.97 Å². The van der Waals surface area contributed by atoms with Crippen LogP contribution in [0.5, 0.6) is 5.75 Å². The summed E-state index contributed by atoms with van der Waals surface area (Å²) in [5, 5.41) is 0. The zero-order valence-electron chi connectivity index (χ0n) is 11.5. The molecule has 4 nitrogen and oxygen atoms in total. The highest BCUT2D eigenvalue weighted by atomic mass is 16.6. The normalized spacial score (nSPS) is 10.0. The van der Waals surface area contributed by atoms with Crippen LogP contribution in [0.15, 0.2) is 24.3 Å². The third-order valence-corrected chi connectivity index (χ3v) is 2.64. The second-order valence-corrected chi connectivity index (χ2v) is 4.28. The molecule has 0 amide bonds. The molecule has 0 heterocycles. The smallest absolute Gasteiger partial charge is 0.344 e. The number of hydrogen-bond acceptors (Lipinski definition) is 4. The first kappa shape index (κ1) is 15.2. The minimum absolute atomic E-state index is 0.100. The van der Waals surface area contributed by atoms with E-state index in [4.69, 9.17) is 9.47 Å². The molecule has 0 aliphatic heterocycles. The molecule has 0 aliphatic carbocycles. The van der Waals surface area contributed by atoms with Gasteiger partial charge in [0.05, 0.1) is 6.61 Å². The highest BCUT2D eigenvalue weighted by molar-refractivity contribution is 5.75. The topological polar surface area (TPSA) is 52.6 Å². The molecule has 0 bridgehead atoms. The molecule has 0 spiro atoms. The van der Waals surface area contributed by atoms with Gasteiger partial charge in [0.2, 0.25) is 0 Å². The Morgan fingerprint density at radius 3 is 2.63 bits per heavy atom. The molecule has 0 atom stereocenters. The number of esters is 1. The third-order valence-electron chi connectivity index (χ3n) is 2.64. The predicted octanol–water partition coefficient (Wildman–Crippen LogP) is 2.54. The molecule has 1 aromatic carbocycles. The summed E-state index contributed by atoms with van der Waals surface area (Å²) in [7, 11) is 0. The van der Waals surface area contributed by atoms with Crippen molar-refractivity contribution < 1.29 is 19.1 Å². The Kier molecular flexibility index (Phi) is 6.64. The Morgan fingerprint density at radius 2 is 1.95 bits per heavy atom. The largest absolute Gasteiger partial charge is 0.482 e. The molecule has 0 N–H and O–H groups in total. The Labute approximate surface area is 113 Å². The summed E-state index contributed by atoms with van der Waals surface area (Å²) in [6.07, 6.45) is 1.85. The first-order valence-corrected chi connectivity index (χ1v) is 6.49. The number of benzene rings is 1. The first-order valence-electron chi connectivity index (χ1n) is 6.49. The van der Waals surface area contributed by atoms with Gasteiger partial charge in [0.25, 0.3) is 0 Å². The average Bonchev–Trinajstić information content (AvgIpc) is 2.41. The average molecular weight is 264 g/mol. The summed E-state index contributed by atoms with van der Waals surface area (Å²) >= 11 is 0. The van der Waals surface area contributed by atoms with E-state index in [0.29, 0.717) is 18.6 Å². The Bertz CT molecular complexity index is 426. The summed E-state index contributed by atoms with van der Waals surface area (Å²) in [4.78, 5) is 22.1. The molecule has 0 unspecified atom stereocenters. The van der Waals surface area contributed by atoms with Gasteiger partial charge in [-0.1, -0.05) is 25.1 Å². The van der Waals surface area contributed by atoms with E-state index in [1.165, 1.54) is 6.92 Å². The zero-order chi connectivity index (χ0) is 14.1. The van der Waals surface area contributed by atoms with Gasteiger partial charge in [0.15, 0.2) is 6.61 Å². The lowest BCUT2D eigenvalue weighted by molar-refractivity contribution is -0.146. The van der Waals surface area contributed by atoms with Gasteiger partial charge in [-0.15, -0.1) is 0 Å². The van der Waals surface area contributed by atoms with Crippen LogP contribution in [-0.2, 0) is 20.7 Å². The number of rotatable bonds is 8. The summed E-state index contributed by atoms with van der Waals surface area (Å²) in [6.45, 7) is 3.71. The van der Waals surface area contributed by atoms with Gasteiger partial charge in [-0.05, 0) is 31.4 Å². The van der Waals surface area contributed by atoms with Gasteiger partial charge >= 0.3 is 5.97 Å². The van der Waals surface area contributed by atoms with Gasteiger partial charge in [-0.2, -0.15) is 0 Å². The Morgan fingerprint density at radius 1 is 1.21 bits per heavy atom. The van der Waals surface area contributed by atoms with Gasteiger partial charge in [-0.3, -0.25) is 0 Å². The van der Waals surface area contributed by atoms with Crippen LogP contribution in [0, 0.1) is 0 Å². The van der Waals surface area contributed by atoms with Crippen molar-refractivity contribution in [1.82, 2.24) is 0 Å². The Balaban J connectivity index is 2.28. The highest BCUT2D eigenvalue weighted by Gasteiger charge is 2.06. The van der Waals surface area contributed by atoms with E-state index in [-0.39, 0.29) is 19.0 Å². The number of ketones is 1. The molecule has 0 aliphatic rings. The monoisotopic (exact) mass is 264 g/mol. The predicted molar refractivity (Wildman–Crippen MR) is 72.2 cm³/mol. The maximum Gasteiger partial charge on any atom is 0.344 e. The van der Waals surface area contributed by atoms with Crippen molar-refractivity contribution in [3.8, 4) is 5.75 Å². The summed E-state index contributed by atoms with van der Waals surface area (Å²) in [5.74, 6) is 0.407. The lowest BCUT2D eigenvalue weighted by Gasteiger charge is -2.09. The molecule has 0 fully saturated rings. The van der Waals surface area contributed by atoms with Gasteiger partial charge in [-0.25, -0.2) is 4.79 Å². The lowest BCUT2D eigenvalue weighted by atomic mass is 10.1. The molecule has 1 rings (SSSR count). The quantitative estimate of drug-likeness (QED) is 0.535. The van der Waals surface area contributed by atoms with Crippen molar-refractivity contribution in [2.24, 2.45) is 0 Å². The van der Waals surface area contributed by atoms with E-state index in [2.05, 4.69) is 0 Å². The number of aryl methyl sites for hydroxylation is 1. The van der Waals surface area contributed by atoms with Gasteiger partial charge in [0, 0.05) is 6.42 Å². The van der Waals surface area contributed by atoms with Gasteiger partial charge in [0.1, 0.15) is 11.5 Å². The molecule has 0 aromatic heterocycles. The number of Topliss-reactive ketones (excluding diaryl/α,β-unsaturated/α-hetero) is 1. The van der Waals surface area contributed by atoms with E-state index >= 15 is 0 Å². The molecule has 1 aromatic rings. The maximum absolute atomic E-state index is 11.4. The number of carbonyl (C=O) groups is 2. The second kappa shape index (κ2) is 8.29. The van der Waals surface area contributed by atoms with Crippen molar-refractivity contribution in [2.75, 3.05) is 13.2 Å². The number of carbonyl (C=O) groups excluding carboxylic acids is 2. The molecule has 104 valence electrons. The van der Waals surface area contributed by atoms with Crippen LogP contribution in [0.1, 0.15) is 32.3 Å². The molecule has 19 heavy (non-hydrogen) atoms. The molecule has 0 saturated heterocycles. The van der Waals surface area contributed by atoms with E-state index in [9.17, 15) is 9.59 Å². The van der Waals surface area contributed by atoms with Crippen LogP contribution in [0.4, 0.5) is 0 Å². The third kappa shape index (κ3) is 6.04.